The summed E-state index contributed by atoms with van der Waals surface area (Å²) in [7, 11) is 0. The monoisotopic (exact) mass is 358 g/mol. The van der Waals surface area contributed by atoms with E-state index in [1.807, 2.05) is 11.8 Å². The van der Waals surface area contributed by atoms with Crippen molar-refractivity contribution in [2.75, 3.05) is 11.5 Å². The molecule has 0 aromatic carbocycles. The first-order chi connectivity index (χ1) is 11.8. The van der Waals surface area contributed by atoms with Crippen molar-refractivity contribution in [3.8, 4) is 0 Å². The molecule has 0 aliphatic carbocycles. The third-order valence-electron chi connectivity index (χ3n) is 4.57. The first-order valence-corrected chi connectivity index (χ1v) is 11.7. The maximum absolute atomic E-state index is 10.4. The van der Waals surface area contributed by atoms with Crippen molar-refractivity contribution < 1.29 is 9.90 Å². The van der Waals surface area contributed by atoms with Gasteiger partial charge in [-0.2, -0.15) is 11.8 Å². The Labute approximate surface area is 155 Å². The number of carboxylic acid groups (broad SMARTS) is 1. The number of aliphatic carboxylic acids is 1. The maximum Gasteiger partial charge on any atom is 0.303 e. The first kappa shape index (κ1) is 23.8. The molecule has 0 saturated carbocycles. The van der Waals surface area contributed by atoms with Crippen LogP contribution in [0.4, 0.5) is 0 Å². The highest BCUT2D eigenvalue weighted by Gasteiger charge is 1.97. The van der Waals surface area contributed by atoms with Crippen LogP contribution < -0.4 is 0 Å². The Bertz CT molecular complexity index is 256. The minimum absolute atomic E-state index is 0.333. The van der Waals surface area contributed by atoms with E-state index in [0.717, 1.165) is 18.6 Å². The third-order valence-corrected chi connectivity index (χ3v) is 5.73. The summed E-state index contributed by atoms with van der Waals surface area (Å²) < 4.78 is 0. The van der Waals surface area contributed by atoms with E-state index in [9.17, 15) is 4.79 Å². The van der Waals surface area contributed by atoms with Gasteiger partial charge in [0, 0.05) is 6.42 Å². The van der Waals surface area contributed by atoms with E-state index in [1.54, 1.807) is 0 Å². The second kappa shape index (κ2) is 20.9. The number of hydrogen-bond donors (Lipinski definition) is 1. The molecular formula is C21H42O2S. The molecule has 0 bridgehead atoms. The molecular weight excluding hydrogens is 316 g/mol. The van der Waals surface area contributed by atoms with Crippen molar-refractivity contribution in [1.29, 1.82) is 0 Å². The van der Waals surface area contributed by atoms with Gasteiger partial charge in [-0.05, 0) is 30.8 Å². The Morgan fingerprint density at radius 2 is 1.00 bits per heavy atom. The highest BCUT2D eigenvalue weighted by Crippen LogP contribution is 2.14. The highest BCUT2D eigenvalue weighted by molar-refractivity contribution is 7.99. The lowest BCUT2D eigenvalue weighted by Crippen LogP contribution is -1.94. The molecule has 1 N–H and O–H groups in total. The molecule has 0 amide bonds. The van der Waals surface area contributed by atoms with Crippen LogP contribution in [0.15, 0.2) is 0 Å². The third kappa shape index (κ3) is 21.8. The lowest BCUT2D eigenvalue weighted by molar-refractivity contribution is -0.137. The number of unbranched alkanes of at least 4 members (excludes halogenated alkanes) is 14. The lowest BCUT2D eigenvalue weighted by Gasteiger charge is -2.03. The van der Waals surface area contributed by atoms with Crippen LogP contribution in [0.25, 0.3) is 0 Å². The van der Waals surface area contributed by atoms with Crippen molar-refractivity contribution in [1.82, 2.24) is 0 Å². The van der Waals surface area contributed by atoms with Gasteiger partial charge in [0.1, 0.15) is 0 Å². The van der Waals surface area contributed by atoms with Gasteiger partial charge in [-0.15, -0.1) is 0 Å². The Hall–Kier alpha value is -0.180. The summed E-state index contributed by atoms with van der Waals surface area (Å²) in [6.07, 6.45) is 22.1. The summed E-state index contributed by atoms with van der Waals surface area (Å²) in [5, 5.41) is 8.55. The van der Waals surface area contributed by atoms with Crippen LogP contribution in [0, 0.1) is 0 Å². The molecule has 0 radical (unpaired) electrons. The molecule has 0 heterocycles. The highest BCUT2D eigenvalue weighted by atomic mass is 32.2. The number of thioether (sulfide) groups is 1. The van der Waals surface area contributed by atoms with Crippen molar-refractivity contribution in [3.63, 3.8) is 0 Å². The van der Waals surface area contributed by atoms with Crippen LogP contribution in [0.2, 0.25) is 0 Å². The van der Waals surface area contributed by atoms with Crippen LogP contribution >= 0.6 is 11.8 Å². The van der Waals surface area contributed by atoms with E-state index < -0.39 is 5.97 Å². The molecule has 0 aromatic rings. The lowest BCUT2D eigenvalue weighted by atomic mass is 10.0. The minimum Gasteiger partial charge on any atom is -0.481 e. The standard InChI is InChI=1S/C21H42O2S/c1-2-3-4-5-6-7-8-9-10-11-12-13-14-16-19-24-20-17-15-18-21(22)23/h2-20H2,1H3,(H,22,23). The zero-order valence-corrected chi connectivity index (χ0v) is 17.0. The zero-order chi connectivity index (χ0) is 17.7. The van der Waals surface area contributed by atoms with Gasteiger partial charge in [-0.25, -0.2) is 0 Å². The quantitative estimate of drug-likeness (QED) is 0.229. The molecule has 3 heteroatoms. The van der Waals surface area contributed by atoms with Gasteiger partial charge in [0.15, 0.2) is 0 Å². The number of carbonyl (C=O) groups is 1. The van der Waals surface area contributed by atoms with Gasteiger partial charge in [0.2, 0.25) is 0 Å². The molecule has 0 aliphatic heterocycles. The van der Waals surface area contributed by atoms with E-state index in [0.29, 0.717) is 6.42 Å². The van der Waals surface area contributed by atoms with Gasteiger partial charge in [0.25, 0.3) is 0 Å². The fourth-order valence-electron chi connectivity index (χ4n) is 2.98. The van der Waals surface area contributed by atoms with Crippen LogP contribution in [0.3, 0.4) is 0 Å². The van der Waals surface area contributed by atoms with Gasteiger partial charge < -0.3 is 5.11 Å². The molecule has 0 rings (SSSR count). The van der Waals surface area contributed by atoms with Crippen molar-refractivity contribution >= 4 is 17.7 Å². The average Bonchev–Trinajstić information content (AvgIpc) is 2.56. The van der Waals surface area contributed by atoms with Crippen LogP contribution in [0.1, 0.15) is 116 Å². The summed E-state index contributed by atoms with van der Waals surface area (Å²) in [5.41, 5.74) is 0. The van der Waals surface area contributed by atoms with E-state index in [2.05, 4.69) is 6.92 Å². The molecule has 144 valence electrons. The van der Waals surface area contributed by atoms with E-state index >= 15 is 0 Å². The Morgan fingerprint density at radius 3 is 1.42 bits per heavy atom. The summed E-state index contributed by atoms with van der Waals surface area (Å²) in [6.45, 7) is 2.28. The van der Waals surface area contributed by atoms with Gasteiger partial charge in [-0.3, -0.25) is 4.79 Å². The molecule has 0 fully saturated rings. The first-order valence-electron chi connectivity index (χ1n) is 10.6. The second-order valence-corrected chi connectivity index (χ2v) is 8.28. The van der Waals surface area contributed by atoms with E-state index in [1.165, 1.54) is 95.6 Å². The molecule has 0 aromatic heterocycles. The molecule has 0 saturated heterocycles. The average molecular weight is 359 g/mol. The smallest absolute Gasteiger partial charge is 0.303 e. The SMILES string of the molecule is CCCCCCCCCCCCCCCCSCCCCC(=O)O. The topological polar surface area (TPSA) is 37.3 Å². The van der Waals surface area contributed by atoms with E-state index in [-0.39, 0.29) is 0 Å². The van der Waals surface area contributed by atoms with Gasteiger partial charge in [0.05, 0.1) is 0 Å². The minimum atomic E-state index is -0.660. The van der Waals surface area contributed by atoms with Crippen LogP contribution in [-0.4, -0.2) is 22.6 Å². The Kier molecular flexibility index (Phi) is 20.7. The number of rotatable bonds is 20. The normalized spacial score (nSPS) is 11.0. The summed E-state index contributed by atoms with van der Waals surface area (Å²) >= 11 is 2.00. The maximum atomic E-state index is 10.4. The fourth-order valence-corrected chi connectivity index (χ4v) is 4.00. The van der Waals surface area contributed by atoms with Crippen molar-refractivity contribution in [2.45, 2.75) is 116 Å². The summed E-state index contributed by atoms with van der Waals surface area (Å²) in [6, 6.07) is 0. The van der Waals surface area contributed by atoms with Crippen molar-refractivity contribution in [3.05, 3.63) is 0 Å². The predicted octanol–water partition coefficient (Wildman–Crippen LogP) is 7.46. The fraction of sp³-hybridized carbons (Fsp3) is 0.952. The van der Waals surface area contributed by atoms with Gasteiger partial charge >= 0.3 is 5.97 Å². The predicted molar refractivity (Wildman–Crippen MR) is 109 cm³/mol. The van der Waals surface area contributed by atoms with Crippen LogP contribution in [-0.2, 0) is 4.79 Å². The van der Waals surface area contributed by atoms with Gasteiger partial charge in [-0.1, -0.05) is 90.4 Å². The molecule has 2 nitrogen and oxygen atoms in total. The van der Waals surface area contributed by atoms with E-state index in [4.69, 9.17) is 5.11 Å². The summed E-state index contributed by atoms with van der Waals surface area (Å²) in [5.74, 6) is 1.73. The zero-order valence-electron chi connectivity index (χ0n) is 16.2. The van der Waals surface area contributed by atoms with Crippen molar-refractivity contribution in [2.24, 2.45) is 0 Å². The molecule has 0 spiro atoms. The molecule has 0 unspecified atom stereocenters. The Balaban J connectivity index is 2.97. The number of carboxylic acids is 1. The molecule has 0 aliphatic rings. The second-order valence-electron chi connectivity index (χ2n) is 7.06. The largest absolute Gasteiger partial charge is 0.481 e. The summed E-state index contributed by atoms with van der Waals surface area (Å²) in [4.78, 5) is 10.4. The Morgan fingerprint density at radius 1 is 0.625 bits per heavy atom. The molecule has 24 heavy (non-hydrogen) atoms. The molecule has 0 atom stereocenters. The van der Waals surface area contributed by atoms with Crippen LogP contribution in [0.5, 0.6) is 0 Å². The number of hydrogen-bond acceptors (Lipinski definition) is 2.